The van der Waals surface area contributed by atoms with Gasteiger partial charge in [-0.25, -0.2) is 9.78 Å². The van der Waals surface area contributed by atoms with E-state index in [0.29, 0.717) is 0 Å². The third kappa shape index (κ3) is 0.383. The van der Waals surface area contributed by atoms with Crippen molar-refractivity contribution in [2.45, 2.75) is 24.9 Å². The standard InChI is InChI=1S/C7H10O2/c1-5-2-6(1)7(3-5)4-8-9-7/h5-6H,1-4H2. The van der Waals surface area contributed by atoms with Crippen LogP contribution in [0.5, 0.6) is 0 Å². The van der Waals surface area contributed by atoms with Crippen molar-refractivity contribution in [3.8, 4) is 0 Å². The molecule has 9 heavy (non-hydrogen) atoms. The summed E-state index contributed by atoms with van der Waals surface area (Å²) in [5, 5.41) is 0. The summed E-state index contributed by atoms with van der Waals surface area (Å²) in [5.41, 5.74) is 0.227. The van der Waals surface area contributed by atoms with Gasteiger partial charge in [-0.3, -0.25) is 0 Å². The molecule has 2 bridgehead atoms. The van der Waals surface area contributed by atoms with Crippen molar-refractivity contribution in [1.29, 1.82) is 0 Å². The van der Waals surface area contributed by atoms with E-state index in [4.69, 9.17) is 9.78 Å². The molecule has 3 aliphatic carbocycles. The monoisotopic (exact) mass is 126 g/mol. The van der Waals surface area contributed by atoms with Crippen LogP contribution in [0.2, 0.25) is 0 Å². The second-order valence-electron chi connectivity index (χ2n) is 3.65. The summed E-state index contributed by atoms with van der Waals surface area (Å²) >= 11 is 0. The highest BCUT2D eigenvalue weighted by atomic mass is 17.2. The molecule has 1 unspecified atom stereocenters. The fourth-order valence-electron chi connectivity index (χ4n) is 2.48. The van der Waals surface area contributed by atoms with Gasteiger partial charge in [-0.2, -0.15) is 0 Å². The van der Waals surface area contributed by atoms with Crippen molar-refractivity contribution in [1.82, 2.24) is 0 Å². The minimum Gasteiger partial charge on any atom is -0.233 e. The topological polar surface area (TPSA) is 18.5 Å². The zero-order valence-electron chi connectivity index (χ0n) is 5.30. The lowest BCUT2D eigenvalue weighted by Crippen LogP contribution is -2.48. The quantitative estimate of drug-likeness (QED) is 0.453. The predicted molar refractivity (Wildman–Crippen MR) is 30.6 cm³/mol. The van der Waals surface area contributed by atoms with Crippen LogP contribution in [0.4, 0.5) is 0 Å². The van der Waals surface area contributed by atoms with Gasteiger partial charge in [0.25, 0.3) is 0 Å². The average Bonchev–Trinajstić information content (AvgIpc) is 2.07. The molecule has 0 aromatic carbocycles. The summed E-state index contributed by atoms with van der Waals surface area (Å²) in [6.45, 7) is 0.869. The van der Waals surface area contributed by atoms with E-state index in [1.807, 2.05) is 0 Å². The summed E-state index contributed by atoms with van der Waals surface area (Å²) in [4.78, 5) is 9.89. The van der Waals surface area contributed by atoms with Crippen molar-refractivity contribution < 1.29 is 9.78 Å². The first-order valence-electron chi connectivity index (χ1n) is 3.70. The summed E-state index contributed by atoms with van der Waals surface area (Å²) in [7, 11) is 0. The van der Waals surface area contributed by atoms with Gasteiger partial charge in [0, 0.05) is 0 Å². The van der Waals surface area contributed by atoms with Gasteiger partial charge < -0.3 is 0 Å². The summed E-state index contributed by atoms with van der Waals surface area (Å²) < 4.78 is 0. The zero-order chi connectivity index (χ0) is 5.90. The molecule has 1 aliphatic heterocycles. The molecule has 2 heteroatoms. The molecular formula is C7H10O2. The summed E-state index contributed by atoms with van der Waals surface area (Å²) in [6, 6.07) is 0. The highest BCUT2D eigenvalue weighted by Gasteiger charge is 2.61. The third-order valence-corrected chi connectivity index (χ3v) is 3.14. The number of hydrogen-bond acceptors (Lipinski definition) is 2. The second kappa shape index (κ2) is 1.18. The van der Waals surface area contributed by atoms with E-state index in [-0.39, 0.29) is 5.60 Å². The Morgan fingerprint density at radius 2 is 2.11 bits per heavy atom. The molecule has 0 aromatic rings. The summed E-state index contributed by atoms with van der Waals surface area (Å²) in [6.07, 6.45) is 4.09. The molecule has 3 saturated carbocycles. The molecule has 2 nitrogen and oxygen atoms in total. The largest absolute Gasteiger partial charge is 0.233 e. The molecule has 0 radical (unpaired) electrons. The van der Waals surface area contributed by atoms with Crippen molar-refractivity contribution >= 4 is 0 Å². The SMILES string of the molecule is C1C2CC1C1(COO1)C2. The van der Waals surface area contributed by atoms with Gasteiger partial charge in [-0.05, 0) is 31.1 Å². The molecule has 1 atom stereocenters. The molecule has 4 fully saturated rings. The molecule has 50 valence electrons. The molecule has 4 rings (SSSR count). The maximum absolute atomic E-state index is 5.13. The Morgan fingerprint density at radius 3 is 2.33 bits per heavy atom. The lowest BCUT2D eigenvalue weighted by Gasteiger charge is -2.39. The van der Waals surface area contributed by atoms with Gasteiger partial charge >= 0.3 is 0 Å². The van der Waals surface area contributed by atoms with Crippen LogP contribution in [0.3, 0.4) is 0 Å². The Morgan fingerprint density at radius 1 is 1.33 bits per heavy atom. The predicted octanol–water partition coefficient (Wildman–Crippen LogP) is 1.12. The minimum atomic E-state index is 0.227. The summed E-state index contributed by atoms with van der Waals surface area (Å²) in [5.74, 6) is 1.84. The second-order valence-corrected chi connectivity index (χ2v) is 3.65. The van der Waals surface area contributed by atoms with E-state index in [9.17, 15) is 0 Å². The molecular weight excluding hydrogens is 116 g/mol. The van der Waals surface area contributed by atoms with Gasteiger partial charge in [0.2, 0.25) is 0 Å². The minimum absolute atomic E-state index is 0.227. The van der Waals surface area contributed by atoms with Gasteiger partial charge in [-0.15, -0.1) is 0 Å². The van der Waals surface area contributed by atoms with Gasteiger partial charge in [0.15, 0.2) is 0 Å². The molecule has 0 amide bonds. The van der Waals surface area contributed by atoms with E-state index < -0.39 is 0 Å². The Labute approximate surface area is 54.1 Å². The highest BCUT2D eigenvalue weighted by molar-refractivity contribution is 5.07. The first-order chi connectivity index (χ1) is 4.39. The van der Waals surface area contributed by atoms with E-state index in [0.717, 1.165) is 18.4 Å². The third-order valence-electron chi connectivity index (χ3n) is 3.14. The highest BCUT2D eigenvalue weighted by Crippen LogP contribution is 2.59. The molecule has 1 saturated heterocycles. The zero-order valence-corrected chi connectivity index (χ0v) is 5.30. The molecule has 0 N–H and O–H groups in total. The van der Waals surface area contributed by atoms with Crippen LogP contribution in [-0.2, 0) is 9.78 Å². The van der Waals surface area contributed by atoms with Crippen LogP contribution in [0.15, 0.2) is 0 Å². The van der Waals surface area contributed by atoms with Crippen molar-refractivity contribution in [3.63, 3.8) is 0 Å². The Balaban J connectivity index is 1.92. The smallest absolute Gasteiger partial charge is 0.133 e. The van der Waals surface area contributed by atoms with E-state index in [2.05, 4.69) is 0 Å². The Bertz CT molecular complexity index is 145. The van der Waals surface area contributed by atoms with Gasteiger partial charge in [0.05, 0.1) is 0 Å². The molecule has 4 aliphatic rings. The van der Waals surface area contributed by atoms with E-state index in [1.165, 1.54) is 19.3 Å². The van der Waals surface area contributed by atoms with Crippen LogP contribution < -0.4 is 0 Å². The van der Waals surface area contributed by atoms with Crippen molar-refractivity contribution in [2.24, 2.45) is 11.8 Å². The number of rotatable bonds is 0. The van der Waals surface area contributed by atoms with Crippen LogP contribution in [0, 0.1) is 11.8 Å². The Kier molecular flexibility index (Phi) is 0.616. The van der Waals surface area contributed by atoms with Crippen LogP contribution in [0.1, 0.15) is 19.3 Å². The average molecular weight is 126 g/mol. The van der Waals surface area contributed by atoms with Crippen LogP contribution >= 0.6 is 0 Å². The maximum atomic E-state index is 5.13. The maximum Gasteiger partial charge on any atom is 0.133 e. The molecule has 1 spiro atoms. The first kappa shape index (κ1) is 4.69. The van der Waals surface area contributed by atoms with E-state index >= 15 is 0 Å². The fraction of sp³-hybridized carbons (Fsp3) is 1.00. The van der Waals surface area contributed by atoms with Crippen molar-refractivity contribution in [2.75, 3.05) is 6.61 Å². The van der Waals surface area contributed by atoms with E-state index in [1.54, 1.807) is 0 Å². The first-order valence-corrected chi connectivity index (χ1v) is 3.70. The van der Waals surface area contributed by atoms with Gasteiger partial charge in [-0.1, -0.05) is 0 Å². The lowest BCUT2D eigenvalue weighted by molar-refractivity contribution is -0.476. The fourth-order valence-corrected chi connectivity index (χ4v) is 2.48. The molecule has 1 heterocycles. The Hall–Kier alpha value is -0.0800. The molecule has 0 aromatic heterocycles. The van der Waals surface area contributed by atoms with Crippen LogP contribution in [-0.4, -0.2) is 12.2 Å². The van der Waals surface area contributed by atoms with Crippen molar-refractivity contribution in [3.05, 3.63) is 0 Å². The number of hydrogen-bond donors (Lipinski definition) is 0. The normalized spacial score (nSPS) is 61.3. The van der Waals surface area contributed by atoms with Crippen LogP contribution in [0.25, 0.3) is 0 Å². The van der Waals surface area contributed by atoms with Gasteiger partial charge in [0.1, 0.15) is 12.2 Å². The lowest BCUT2D eigenvalue weighted by atomic mass is 9.81.